The molecule has 0 atom stereocenters. The van der Waals surface area contributed by atoms with Crippen LogP contribution in [0.15, 0.2) is 16.9 Å². The highest BCUT2D eigenvalue weighted by atomic mass is 79.9. The number of halogens is 1. The third-order valence-corrected chi connectivity index (χ3v) is 3.17. The second-order valence-electron chi connectivity index (χ2n) is 3.28. The van der Waals surface area contributed by atoms with Crippen molar-refractivity contribution in [2.45, 2.75) is 19.9 Å². The van der Waals surface area contributed by atoms with E-state index in [-0.39, 0.29) is 0 Å². The molecule has 5 nitrogen and oxygen atoms in total. The smallest absolute Gasteiger partial charge is 0.205 e. The quantitative estimate of drug-likeness (QED) is 0.921. The third-order valence-electron chi connectivity index (χ3n) is 1.89. The molecule has 0 fully saturated rings. The van der Waals surface area contributed by atoms with Crippen molar-refractivity contribution < 1.29 is 0 Å². The zero-order valence-corrected chi connectivity index (χ0v) is 11.3. The van der Waals surface area contributed by atoms with Gasteiger partial charge in [-0.15, -0.1) is 10.2 Å². The van der Waals surface area contributed by atoms with Gasteiger partial charge in [0.05, 0.1) is 17.2 Å². The van der Waals surface area contributed by atoms with E-state index in [0.29, 0.717) is 6.54 Å². The van der Waals surface area contributed by atoms with Crippen LogP contribution in [0.25, 0.3) is 0 Å². The summed E-state index contributed by atoms with van der Waals surface area (Å²) in [5, 5.41) is 17.4. The lowest BCUT2D eigenvalue weighted by molar-refractivity contribution is 0.677. The van der Waals surface area contributed by atoms with Crippen LogP contribution >= 0.6 is 27.3 Å². The van der Waals surface area contributed by atoms with Crippen molar-refractivity contribution in [1.82, 2.24) is 20.0 Å². The fourth-order valence-electron chi connectivity index (χ4n) is 1.18. The molecule has 1 N–H and O–H groups in total. The Balaban J connectivity index is 1.97. The molecule has 0 aliphatic rings. The number of nitrogens with one attached hydrogen (secondary N) is 1. The van der Waals surface area contributed by atoms with Crippen LogP contribution in [0.3, 0.4) is 0 Å². The van der Waals surface area contributed by atoms with Crippen molar-refractivity contribution in [2.24, 2.45) is 0 Å². The molecule has 2 aromatic heterocycles. The normalized spacial score (nSPS) is 10.6. The second kappa shape index (κ2) is 5.40. The average Bonchev–Trinajstić information content (AvgIpc) is 2.86. The molecule has 2 heterocycles. The zero-order valence-electron chi connectivity index (χ0n) is 8.85. The van der Waals surface area contributed by atoms with Gasteiger partial charge in [-0.25, -0.2) is 0 Å². The van der Waals surface area contributed by atoms with Crippen LogP contribution in [-0.4, -0.2) is 26.5 Å². The first kappa shape index (κ1) is 11.5. The summed E-state index contributed by atoms with van der Waals surface area (Å²) < 4.78 is 2.80. The first-order chi connectivity index (χ1) is 7.78. The van der Waals surface area contributed by atoms with Gasteiger partial charge in [0.2, 0.25) is 5.13 Å². The van der Waals surface area contributed by atoms with Crippen LogP contribution < -0.4 is 5.32 Å². The Hall–Kier alpha value is -0.950. The van der Waals surface area contributed by atoms with Crippen LogP contribution in [0.1, 0.15) is 18.4 Å². The summed E-state index contributed by atoms with van der Waals surface area (Å²) in [6.07, 6.45) is 4.76. The Morgan fingerprint density at radius 3 is 3.06 bits per heavy atom. The van der Waals surface area contributed by atoms with Crippen molar-refractivity contribution in [3.05, 3.63) is 21.9 Å². The summed E-state index contributed by atoms with van der Waals surface area (Å²) in [5.41, 5.74) is 0. The van der Waals surface area contributed by atoms with Crippen molar-refractivity contribution in [2.75, 3.05) is 11.9 Å². The Kier molecular flexibility index (Phi) is 3.89. The summed E-state index contributed by atoms with van der Waals surface area (Å²) >= 11 is 4.92. The van der Waals surface area contributed by atoms with Gasteiger partial charge in [-0.3, -0.25) is 4.68 Å². The van der Waals surface area contributed by atoms with Gasteiger partial charge >= 0.3 is 0 Å². The molecule has 0 radical (unpaired) electrons. The highest BCUT2D eigenvalue weighted by molar-refractivity contribution is 9.10. The molecule has 0 spiro atoms. The largest absolute Gasteiger partial charge is 0.360 e. The minimum atomic E-state index is 0.664. The predicted molar refractivity (Wildman–Crippen MR) is 67.7 cm³/mol. The van der Waals surface area contributed by atoms with Crippen LogP contribution in [0.5, 0.6) is 0 Å². The maximum atomic E-state index is 4.17. The van der Waals surface area contributed by atoms with Gasteiger partial charge in [0.15, 0.2) is 0 Å². The molecule has 0 saturated carbocycles. The summed E-state index contributed by atoms with van der Waals surface area (Å²) in [6, 6.07) is 0. The molecule has 0 aliphatic carbocycles. The molecular formula is C9H12BrN5S. The third kappa shape index (κ3) is 3.02. The number of hydrogen-bond acceptors (Lipinski definition) is 5. The van der Waals surface area contributed by atoms with Gasteiger partial charge in [0.25, 0.3) is 0 Å². The molecule has 16 heavy (non-hydrogen) atoms. The minimum absolute atomic E-state index is 0.664. The lowest BCUT2D eigenvalue weighted by Gasteiger charge is -1.96. The molecule has 0 saturated heterocycles. The van der Waals surface area contributed by atoms with E-state index in [9.17, 15) is 0 Å². The van der Waals surface area contributed by atoms with Crippen molar-refractivity contribution >= 4 is 32.4 Å². The van der Waals surface area contributed by atoms with E-state index in [1.165, 1.54) is 0 Å². The zero-order chi connectivity index (χ0) is 11.4. The van der Waals surface area contributed by atoms with E-state index in [2.05, 4.69) is 43.5 Å². The minimum Gasteiger partial charge on any atom is -0.360 e. The van der Waals surface area contributed by atoms with Gasteiger partial charge in [0, 0.05) is 12.7 Å². The Morgan fingerprint density at radius 2 is 2.38 bits per heavy atom. The number of anilines is 1. The first-order valence-corrected chi connectivity index (χ1v) is 6.63. The fraction of sp³-hybridized carbons (Fsp3) is 0.444. The number of rotatable bonds is 5. The van der Waals surface area contributed by atoms with Crippen LogP contribution in [-0.2, 0) is 6.54 Å². The lowest BCUT2D eigenvalue weighted by atomic mass is 10.5. The molecular weight excluding hydrogens is 290 g/mol. The molecule has 0 bridgehead atoms. The molecule has 7 heteroatoms. The number of aromatic nitrogens is 4. The SMILES string of the molecule is CCCNc1nnc(Cn2cc(Br)cn2)s1. The van der Waals surface area contributed by atoms with E-state index < -0.39 is 0 Å². The van der Waals surface area contributed by atoms with Gasteiger partial charge < -0.3 is 5.32 Å². The molecule has 2 aromatic rings. The van der Waals surface area contributed by atoms with Crippen molar-refractivity contribution in [3.63, 3.8) is 0 Å². The topological polar surface area (TPSA) is 55.6 Å². The Morgan fingerprint density at radius 1 is 1.50 bits per heavy atom. The van der Waals surface area contributed by atoms with E-state index >= 15 is 0 Å². The Labute approximate surface area is 106 Å². The average molecular weight is 302 g/mol. The van der Waals surface area contributed by atoms with Crippen molar-refractivity contribution in [3.8, 4) is 0 Å². The highest BCUT2D eigenvalue weighted by Gasteiger charge is 2.04. The Bertz CT molecular complexity index is 452. The number of nitrogens with zero attached hydrogens (tertiary/aromatic N) is 4. The van der Waals surface area contributed by atoms with Gasteiger partial charge in [-0.05, 0) is 22.4 Å². The van der Waals surface area contributed by atoms with Gasteiger partial charge in [-0.1, -0.05) is 18.3 Å². The maximum absolute atomic E-state index is 4.17. The highest BCUT2D eigenvalue weighted by Crippen LogP contribution is 2.16. The molecule has 2 rings (SSSR count). The van der Waals surface area contributed by atoms with E-state index in [1.807, 2.05) is 10.9 Å². The van der Waals surface area contributed by atoms with Gasteiger partial charge in [0.1, 0.15) is 5.01 Å². The molecule has 0 unspecified atom stereocenters. The van der Waals surface area contributed by atoms with Crippen LogP contribution in [0.2, 0.25) is 0 Å². The first-order valence-electron chi connectivity index (χ1n) is 5.02. The van der Waals surface area contributed by atoms with Gasteiger partial charge in [-0.2, -0.15) is 5.10 Å². The van der Waals surface area contributed by atoms with E-state index in [4.69, 9.17) is 0 Å². The standard InChI is InChI=1S/C9H12BrN5S/c1-2-3-11-9-14-13-8(16-9)6-15-5-7(10)4-12-15/h4-5H,2-3,6H2,1H3,(H,11,14). The molecule has 0 amide bonds. The summed E-state index contributed by atoms with van der Waals surface area (Å²) in [4.78, 5) is 0. The maximum Gasteiger partial charge on any atom is 0.205 e. The summed E-state index contributed by atoms with van der Waals surface area (Å²) in [5.74, 6) is 0. The summed E-state index contributed by atoms with van der Waals surface area (Å²) in [7, 11) is 0. The monoisotopic (exact) mass is 301 g/mol. The fourth-order valence-corrected chi connectivity index (χ4v) is 2.27. The molecule has 86 valence electrons. The lowest BCUT2D eigenvalue weighted by Crippen LogP contribution is -1.98. The van der Waals surface area contributed by atoms with Crippen molar-refractivity contribution in [1.29, 1.82) is 0 Å². The van der Waals surface area contributed by atoms with E-state index in [1.54, 1.807) is 17.5 Å². The second-order valence-corrected chi connectivity index (χ2v) is 5.26. The number of hydrogen-bond donors (Lipinski definition) is 1. The molecule has 0 aromatic carbocycles. The van der Waals surface area contributed by atoms with E-state index in [0.717, 1.165) is 27.6 Å². The molecule has 0 aliphatic heterocycles. The van der Waals surface area contributed by atoms with Crippen LogP contribution in [0, 0.1) is 0 Å². The predicted octanol–water partition coefficient (Wildman–Crippen LogP) is 2.37. The van der Waals surface area contributed by atoms with Crippen LogP contribution in [0.4, 0.5) is 5.13 Å². The summed E-state index contributed by atoms with van der Waals surface area (Å²) in [6.45, 7) is 3.72.